The van der Waals surface area contributed by atoms with Crippen LogP contribution >= 0.6 is 0 Å². The Morgan fingerprint density at radius 1 is 1.36 bits per heavy atom. The van der Waals surface area contributed by atoms with Crippen LogP contribution in [0.2, 0.25) is 0 Å². The molecular formula is C12H24N2. The van der Waals surface area contributed by atoms with E-state index in [2.05, 4.69) is 12.2 Å². The molecule has 0 spiro atoms. The van der Waals surface area contributed by atoms with Crippen molar-refractivity contribution < 1.29 is 0 Å². The van der Waals surface area contributed by atoms with E-state index >= 15 is 0 Å². The second kappa shape index (κ2) is 4.19. The lowest BCUT2D eigenvalue weighted by atomic mass is 9.85. The second-order valence-electron chi connectivity index (χ2n) is 5.56. The molecule has 0 aromatic carbocycles. The van der Waals surface area contributed by atoms with Crippen molar-refractivity contribution in [3.8, 4) is 0 Å². The lowest BCUT2D eigenvalue weighted by molar-refractivity contribution is 0.277. The summed E-state index contributed by atoms with van der Waals surface area (Å²) in [6.07, 6.45) is 8.18. The van der Waals surface area contributed by atoms with E-state index in [0.29, 0.717) is 11.5 Å². The zero-order valence-electron chi connectivity index (χ0n) is 9.39. The van der Waals surface area contributed by atoms with Crippen molar-refractivity contribution >= 4 is 0 Å². The molecule has 3 N–H and O–H groups in total. The molecule has 2 nitrogen and oxygen atoms in total. The molecule has 2 aliphatic rings. The molecule has 2 rings (SSSR count). The molecular weight excluding hydrogens is 172 g/mol. The van der Waals surface area contributed by atoms with Crippen molar-refractivity contribution in [2.45, 2.75) is 51.5 Å². The smallest absolute Gasteiger partial charge is 0.0105 e. The maximum absolute atomic E-state index is 6.13. The summed E-state index contributed by atoms with van der Waals surface area (Å²) in [7, 11) is 0. The summed E-state index contributed by atoms with van der Waals surface area (Å²) in [6.45, 7) is 4.67. The van der Waals surface area contributed by atoms with Crippen LogP contribution in [0.25, 0.3) is 0 Å². The Hall–Kier alpha value is -0.0800. The topological polar surface area (TPSA) is 38.0 Å². The SMILES string of the molecule is CC1(CNCCC2CC2)CCCC1N. The van der Waals surface area contributed by atoms with E-state index in [9.17, 15) is 0 Å². The first-order valence-electron chi connectivity index (χ1n) is 6.17. The number of nitrogens with one attached hydrogen (secondary N) is 1. The van der Waals surface area contributed by atoms with Crippen LogP contribution in [0.1, 0.15) is 45.4 Å². The predicted molar refractivity (Wildman–Crippen MR) is 60.1 cm³/mol. The van der Waals surface area contributed by atoms with Crippen LogP contribution in [0.4, 0.5) is 0 Å². The van der Waals surface area contributed by atoms with Crippen LogP contribution in [0.5, 0.6) is 0 Å². The van der Waals surface area contributed by atoms with Gasteiger partial charge in [0.1, 0.15) is 0 Å². The minimum absolute atomic E-state index is 0.379. The van der Waals surface area contributed by atoms with E-state index in [1.165, 1.54) is 45.1 Å². The number of hydrogen-bond donors (Lipinski definition) is 2. The zero-order chi connectivity index (χ0) is 10.0. The lowest BCUT2D eigenvalue weighted by Gasteiger charge is -2.29. The summed E-state index contributed by atoms with van der Waals surface area (Å²) < 4.78 is 0. The summed E-state index contributed by atoms with van der Waals surface area (Å²) in [4.78, 5) is 0. The average Bonchev–Trinajstić information content (AvgIpc) is 2.91. The molecule has 2 heteroatoms. The predicted octanol–water partition coefficient (Wildman–Crippen LogP) is 1.89. The summed E-state index contributed by atoms with van der Waals surface area (Å²) in [5.74, 6) is 1.05. The van der Waals surface area contributed by atoms with Crippen LogP contribution in [0.15, 0.2) is 0 Å². The summed E-state index contributed by atoms with van der Waals surface area (Å²) >= 11 is 0. The monoisotopic (exact) mass is 196 g/mol. The maximum Gasteiger partial charge on any atom is 0.0105 e. The second-order valence-corrected chi connectivity index (χ2v) is 5.56. The molecule has 0 aromatic rings. The molecule has 2 saturated carbocycles. The standard InChI is InChI=1S/C12H24N2/c1-12(7-2-3-11(12)13)9-14-8-6-10-4-5-10/h10-11,14H,2-9,13H2,1H3. The molecule has 82 valence electrons. The van der Waals surface area contributed by atoms with Gasteiger partial charge in [-0.25, -0.2) is 0 Å². The van der Waals surface area contributed by atoms with Gasteiger partial charge in [-0.1, -0.05) is 26.2 Å². The summed E-state index contributed by atoms with van der Waals surface area (Å²) in [6, 6.07) is 0.427. The van der Waals surface area contributed by atoms with Gasteiger partial charge in [0.15, 0.2) is 0 Å². The third kappa shape index (κ3) is 2.48. The highest BCUT2D eigenvalue weighted by atomic mass is 14.9. The van der Waals surface area contributed by atoms with Gasteiger partial charge < -0.3 is 11.1 Å². The normalized spacial score (nSPS) is 37.7. The molecule has 0 aromatic heterocycles. The fourth-order valence-corrected chi connectivity index (χ4v) is 2.57. The highest BCUT2D eigenvalue weighted by Crippen LogP contribution is 2.36. The Bertz CT molecular complexity index is 189. The van der Waals surface area contributed by atoms with Gasteiger partial charge in [-0.3, -0.25) is 0 Å². The largest absolute Gasteiger partial charge is 0.327 e. The molecule has 0 saturated heterocycles. The van der Waals surface area contributed by atoms with Crippen LogP contribution in [0.3, 0.4) is 0 Å². The minimum Gasteiger partial charge on any atom is -0.327 e. The van der Waals surface area contributed by atoms with E-state index in [4.69, 9.17) is 5.73 Å². The molecule has 2 atom stereocenters. The molecule has 0 amide bonds. The number of hydrogen-bond acceptors (Lipinski definition) is 2. The van der Waals surface area contributed by atoms with Gasteiger partial charge in [0.05, 0.1) is 0 Å². The molecule has 0 bridgehead atoms. The third-order valence-electron chi connectivity index (χ3n) is 4.11. The first-order chi connectivity index (χ1) is 6.71. The fraction of sp³-hybridized carbons (Fsp3) is 1.00. The van der Waals surface area contributed by atoms with Gasteiger partial charge in [0.25, 0.3) is 0 Å². The van der Waals surface area contributed by atoms with E-state index in [-0.39, 0.29) is 0 Å². The fourth-order valence-electron chi connectivity index (χ4n) is 2.57. The molecule has 0 heterocycles. The summed E-state index contributed by atoms with van der Waals surface area (Å²) in [5.41, 5.74) is 6.51. The van der Waals surface area contributed by atoms with Crippen molar-refractivity contribution in [3.05, 3.63) is 0 Å². The molecule has 2 fully saturated rings. The van der Waals surface area contributed by atoms with E-state index < -0.39 is 0 Å². The van der Waals surface area contributed by atoms with Crippen LogP contribution in [-0.4, -0.2) is 19.1 Å². The van der Waals surface area contributed by atoms with Crippen LogP contribution in [0, 0.1) is 11.3 Å². The quantitative estimate of drug-likeness (QED) is 0.659. The van der Waals surface area contributed by atoms with Gasteiger partial charge in [0, 0.05) is 12.6 Å². The highest BCUT2D eigenvalue weighted by Gasteiger charge is 2.35. The first-order valence-corrected chi connectivity index (χ1v) is 6.17. The average molecular weight is 196 g/mol. The van der Waals surface area contributed by atoms with Crippen molar-refractivity contribution in [2.75, 3.05) is 13.1 Å². The van der Waals surface area contributed by atoms with Crippen molar-refractivity contribution in [1.29, 1.82) is 0 Å². The first kappa shape index (κ1) is 10.4. The van der Waals surface area contributed by atoms with Gasteiger partial charge in [-0.05, 0) is 37.1 Å². The lowest BCUT2D eigenvalue weighted by Crippen LogP contribution is -2.42. The Balaban J connectivity index is 1.62. The molecule has 0 radical (unpaired) electrons. The van der Waals surface area contributed by atoms with E-state index in [1.54, 1.807) is 0 Å². The van der Waals surface area contributed by atoms with Gasteiger partial charge in [0.2, 0.25) is 0 Å². The Labute approximate surface area is 87.6 Å². The number of rotatable bonds is 5. The van der Waals surface area contributed by atoms with Gasteiger partial charge in [-0.15, -0.1) is 0 Å². The van der Waals surface area contributed by atoms with Crippen molar-refractivity contribution in [3.63, 3.8) is 0 Å². The van der Waals surface area contributed by atoms with Gasteiger partial charge >= 0.3 is 0 Å². The summed E-state index contributed by atoms with van der Waals surface area (Å²) in [5, 5.41) is 3.59. The van der Waals surface area contributed by atoms with Crippen molar-refractivity contribution in [2.24, 2.45) is 17.1 Å². The van der Waals surface area contributed by atoms with Gasteiger partial charge in [-0.2, -0.15) is 0 Å². The Morgan fingerprint density at radius 3 is 2.71 bits per heavy atom. The van der Waals surface area contributed by atoms with Crippen LogP contribution in [-0.2, 0) is 0 Å². The maximum atomic E-state index is 6.13. The van der Waals surface area contributed by atoms with Crippen molar-refractivity contribution in [1.82, 2.24) is 5.32 Å². The minimum atomic E-state index is 0.379. The molecule has 2 unspecified atom stereocenters. The van der Waals surface area contributed by atoms with Crippen LogP contribution < -0.4 is 11.1 Å². The molecule has 0 aliphatic heterocycles. The third-order valence-corrected chi connectivity index (χ3v) is 4.11. The Kier molecular flexibility index (Phi) is 3.13. The molecule has 2 aliphatic carbocycles. The highest BCUT2D eigenvalue weighted by molar-refractivity contribution is 4.92. The van der Waals surface area contributed by atoms with E-state index in [1.807, 2.05) is 0 Å². The molecule has 14 heavy (non-hydrogen) atoms. The zero-order valence-corrected chi connectivity index (χ0v) is 9.39. The van der Waals surface area contributed by atoms with E-state index in [0.717, 1.165) is 12.5 Å². The number of nitrogens with two attached hydrogens (primary N) is 1. The Morgan fingerprint density at radius 2 is 2.14 bits per heavy atom.